The molecule has 10 nitrogen and oxygen atoms in total. The van der Waals surface area contributed by atoms with Crippen LogP contribution in [0.1, 0.15) is 71.1 Å². The summed E-state index contributed by atoms with van der Waals surface area (Å²) < 4.78 is 12.4. The molecular weight excluding hydrogens is 556 g/mol. The quantitative estimate of drug-likeness (QED) is 0.234. The highest BCUT2D eigenvalue weighted by Gasteiger charge is 2.47. The van der Waals surface area contributed by atoms with E-state index in [1.807, 2.05) is 21.0 Å². The minimum Gasteiger partial charge on any atom is -0.376 e. The largest absolute Gasteiger partial charge is 0.376 e. The predicted molar refractivity (Wildman–Crippen MR) is 162 cm³/mol. The van der Waals surface area contributed by atoms with Gasteiger partial charge in [0.15, 0.2) is 0 Å². The summed E-state index contributed by atoms with van der Waals surface area (Å²) in [4.78, 5) is 20.7. The highest BCUT2D eigenvalue weighted by Crippen LogP contribution is 2.39. The number of piperidine rings is 1. The van der Waals surface area contributed by atoms with Crippen LogP contribution in [0.2, 0.25) is 0 Å². The van der Waals surface area contributed by atoms with Crippen LogP contribution in [0.25, 0.3) is 0 Å². The molecule has 11 unspecified atom stereocenters. The number of carbonyl (C=O) groups excluding carboxylic acids is 1. The summed E-state index contributed by atoms with van der Waals surface area (Å²) in [7, 11) is 4.05. The zero-order chi connectivity index (χ0) is 29.6. The normalized spacial score (nSPS) is 40.4. The van der Waals surface area contributed by atoms with Gasteiger partial charge in [-0.2, -0.15) is 10.7 Å². The maximum atomic E-state index is 12.9. The Morgan fingerprint density at radius 1 is 1.12 bits per heavy atom. The highest BCUT2D eigenvalue weighted by molar-refractivity contribution is 6.21. The molecule has 2 saturated heterocycles. The Morgan fingerprint density at radius 3 is 2.67 bits per heavy atom. The molecule has 3 aliphatic carbocycles. The van der Waals surface area contributed by atoms with E-state index in [2.05, 4.69) is 32.4 Å². The fourth-order valence-electron chi connectivity index (χ4n) is 7.64. The number of hydrogen-bond donors (Lipinski definition) is 4. The molecule has 0 aromatic rings. The molecule has 0 aromatic heterocycles. The second-order valence-electron chi connectivity index (χ2n) is 13.6. The third kappa shape index (κ3) is 8.57. The van der Waals surface area contributed by atoms with Crippen molar-refractivity contribution in [3.63, 3.8) is 0 Å². The maximum absolute atomic E-state index is 12.9. The molecule has 4 N–H and O–H groups in total. The smallest absolute Gasteiger partial charge is 0.220 e. The van der Waals surface area contributed by atoms with Gasteiger partial charge in [0.1, 0.15) is 0 Å². The number of nitriles is 1. The Labute approximate surface area is 257 Å². The second-order valence-corrected chi connectivity index (χ2v) is 14.2. The fraction of sp³-hybridized carbons (Fsp3) is 0.935. The van der Waals surface area contributed by atoms with Gasteiger partial charge in [0.05, 0.1) is 54.4 Å². The fourth-order valence-corrected chi connectivity index (χ4v) is 8.06. The van der Waals surface area contributed by atoms with Gasteiger partial charge in [-0.05, 0) is 97.2 Å². The van der Waals surface area contributed by atoms with Gasteiger partial charge in [-0.1, -0.05) is 0 Å². The average Bonchev–Trinajstić information content (AvgIpc) is 3.70. The summed E-state index contributed by atoms with van der Waals surface area (Å²) in [6.45, 7) is 4.81. The Kier molecular flexibility index (Phi) is 11.8. The van der Waals surface area contributed by atoms with Crippen LogP contribution >= 0.6 is 11.6 Å². The van der Waals surface area contributed by atoms with Crippen molar-refractivity contribution in [1.29, 1.82) is 5.26 Å². The van der Waals surface area contributed by atoms with Crippen molar-refractivity contribution in [2.75, 3.05) is 40.4 Å². The van der Waals surface area contributed by atoms with Crippen molar-refractivity contribution < 1.29 is 19.1 Å². The lowest BCUT2D eigenvalue weighted by molar-refractivity contribution is -0.124. The summed E-state index contributed by atoms with van der Waals surface area (Å²) in [5.74, 6) is 0.899. The zero-order valence-corrected chi connectivity index (χ0v) is 26.5. The molecule has 0 aromatic carbocycles. The lowest BCUT2D eigenvalue weighted by atomic mass is 9.69. The highest BCUT2D eigenvalue weighted by atomic mass is 35.5. The van der Waals surface area contributed by atoms with Gasteiger partial charge in [-0.3, -0.25) is 9.63 Å². The summed E-state index contributed by atoms with van der Waals surface area (Å²) in [6.07, 6.45) is 9.58. The summed E-state index contributed by atoms with van der Waals surface area (Å²) >= 11 is 6.91. The van der Waals surface area contributed by atoms with E-state index in [0.717, 1.165) is 57.4 Å². The van der Waals surface area contributed by atoms with Gasteiger partial charge in [-0.15, -0.1) is 11.6 Å². The summed E-state index contributed by atoms with van der Waals surface area (Å²) in [5.41, 5.74) is 3.17. The van der Waals surface area contributed by atoms with E-state index in [-0.39, 0.29) is 65.5 Å². The van der Waals surface area contributed by atoms with E-state index in [4.69, 9.17) is 25.9 Å². The Hall–Kier alpha value is -1.03. The first kappa shape index (κ1) is 32.4. The Bertz CT molecular complexity index is 918. The van der Waals surface area contributed by atoms with Crippen molar-refractivity contribution in [2.24, 2.45) is 17.8 Å². The van der Waals surface area contributed by atoms with Gasteiger partial charge in [0, 0.05) is 37.7 Å². The summed E-state index contributed by atoms with van der Waals surface area (Å²) in [6, 6.07) is 3.29. The average molecular weight is 609 g/mol. The molecule has 5 fully saturated rings. The molecule has 5 aliphatic rings. The number of hydrogen-bond acceptors (Lipinski definition) is 9. The number of alkyl halides is 1. The minimum absolute atomic E-state index is 0.0278. The first-order chi connectivity index (χ1) is 20.3. The van der Waals surface area contributed by atoms with E-state index < -0.39 is 0 Å². The van der Waals surface area contributed by atoms with Gasteiger partial charge in [-0.25, -0.2) is 0 Å². The molecule has 2 heterocycles. The van der Waals surface area contributed by atoms with Gasteiger partial charge < -0.3 is 30.3 Å². The number of carbonyl (C=O) groups is 1. The van der Waals surface area contributed by atoms with E-state index >= 15 is 0 Å². The Balaban J connectivity index is 1.14. The number of hydroxylamine groups is 1. The van der Waals surface area contributed by atoms with Gasteiger partial charge in [0.25, 0.3) is 0 Å². The first-order valence-electron chi connectivity index (χ1n) is 16.5. The molecule has 2 aliphatic heterocycles. The summed E-state index contributed by atoms with van der Waals surface area (Å²) in [5, 5.41) is 20.9. The van der Waals surface area contributed by atoms with Crippen LogP contribution in [0.5, 0.6) is 0 Å². The standard InChI is InChI=1S/C31H53ClN6O4/c1-4-40-29-15-25-23(14-26(29)36-30(39)6-5-11-38(2)3)31(20(16-33)17-34-25)35-21-9-10-27(24(32)12-21)41-18-22-13-28(42-37-22)19-7-8-19/h19-29,31,34-35,37H,4-15,17-18H2,1-3H3,(H,36,39). The molecule has 42 heavy (non-hydrogen) atoms. The van der Waals surface area contributed by atoms with Crippen LogP contribution in [-0.2, 0) is 19.1 Å². The molecular formula is C31H53ClN6O4. The number of amides is 1. The van der Waals surface area contributed by atoms with Crippen molar-refractivity contribution in [1.82, 2.24) is 26.3 Å². The third-order valence-electron chi connectivity index (χ3n) is 10.1. The van der Waals surface area contributed by atoms with Crippen molar-refractivity contribution >= 4 is 17.5 Å². The van der Waals surface area contributed by atoms with Crippen molar-refractivity contribution in [2.45, 2.75) is 125 Å². The monoisotopic (exact) mass is 608 g/mol. The molecule has 238 valence electrons. The SMILES string of the molecule is CCOC1CC2NCC(C#N)C(NC3CCC(OCC4CC(C5CC5)ON4)C(Cl)C3)C2CC1NC(=O)CCCN(C)C. The number of nitrogens with one attached hydrogen (secondary N) is 4. The maximum Gasteiger partial charge on any atom is 0.220 e. The van der Waals surface area contributed by atoms with Crippen molar-refractivity contribution in [3.8, 4) is 6.07 Å². The molecule has 3 saturated carbocycles. The van der Waals surface area contributed by atoms with E-state index in [9.17, 15) is 10.1 Å². The third-order valence-corrected chi connectivity index (χ3v) is 10.5. The van der Waals surface area contributed by atoms with Gasteiger partial charge >= 0.3 is 0 Å². The number of rotatable bonds is 13. The molecule has 11 atom stereocenters. The molecule has 0 bridgehead atoms. The van der Waals surface area contributed by atoms with Crippen molar-refractivity contribution in [3.05, 3.63) is 0 Å². The van der Waals surface area contributed by atoms with Crippen LogP contribution < -0.4 is 21.4 Å². The minimum atomic E-state index is -0.137. The van der Waals surface area contributed by atoms with Crippen LogP contribution in [0, 0.1) is 29.1 Å². The zero-order valence-electron chi connectivity index (χ0n) is 25.7. The van der Waals surface area contributed by atoms with Crippen LogP contribution in [-0.4, -0.2) is 105 Å². The number of nitrogens with zero attached hydrogens (tertiary/aromatic N) is 2. The molecule has 5 rings (SSSR count). The van der Waals surface area contributed by atoms with E-state index in [1.54, 1.807) is 0 Å². The second kappa shape index (κ2) is 15.3. The van der Waals surface area contributed by atoms with Gasteiger partial charge in [0.2, 0.25) is 5.91 Å². The van der Waals surface area contributed by atoms with Crippen LogP contribution in [0.4, 0.5) is 0 Å². The Morgan fingerprint density at radius 2 is 1.95 bits per heavy atom. The van der Waals surface area contributed by atoms with E-state index in [1.165, 1.54) is 12.8 Å². The lowest BCUT2D eigenvalue weighted by Crippen LogP contribution is -2.66. The lowest BCUT2D eigenvalue weighted by Gasteiger charge is -2.50. The first-order valence-corrected chi connectivity index (χ1v) is 16.9. The van der Waals surface area contributed by atoms with Crippen LogP contribution in [0.3, 0.4) is 0 Å². The number of halogens is 1. The number of ether oxygens (including phenoxy) is 2. The topological polar surface area (TPSA) is 120 Å². The molecule has 1 amide bonds. The molecule has 11 heteroatoms. The molecule has 0 radical (unpaired) electrons. The molecule has 0 spiro atoms. The number of fused-ring (bicyclic) bond motifs is 1. The van der Waals surface area contributed by atoms with E-state index in [0.29, 0.717) is 32.3 Å². The predicted octanol–water partition coefficient (Wildman–Crippen LogP) is 2.32. The van der Waals surface area contributed by atoms with Crippen LogP contribution in [0.15, 0.2) is 0 Å².